The lowest BCUT2D eigenvalue weighted by Crippen LogP contribution is -2.14. The fourth-order valence-corrected chi connectivity index (χ4v) is 3.42. The minimum atomic E-state index is -0.272. The summed E-state index contributed by atoms with van der Waals surface area (Å²) in [5.41, 5.74) is 6.99. The SMILES string of the molecule is Cc1nc(NCCN)cc(Nc2ncc(C(=O)Nc3c(C)cccc3Cl)s2)n1.N. The van der Waals surface area contributed by atoms with Crippen molar-refractivity contribution in [1.29, 1.82) is 0 Å². The summed E-state index contributed by atoms with van der Waals surface area (Å²) in [5, 5.41) is 10.1. The molecule has 11 heteroatoms. The second kappa shape index (κ2) is 10.1. The van der Waals surface area contributed by atoms with E-state index in [1.165, 1.54) is 17.5 Å². The summed E-state index contributed by atoms with van der Waals surface area (Å²) in [6.07, 6.45) is 1.51. The Labute approximate surface area is 177 Å². The van der Waals surface area contributed by atoms with Gasteiger partial charge < -0.3 is 27.8 Å². The maximum Gasteiger partial charge on any atom is 0.267 e. The number of thiazole rings is 1. The fraction of sp³-hybridized carbons (Fsp3) is 0.222. The van der Waals surface area contributed by atoms with Crippen molar-refractivity contribution in [2.45, 2.75) is 13.8 Å². The average Bonchev–Trinajstić information content (AvgIpc) is 3.11. The van der Waals surface area contributed by atoms with Crippen molar-refractivity contribution in [3.8, 4) is 0 Å². The summed E-state index contributed by atoms with van der Waals surface area (Å²) in [7, 11) is 0. The predicted molar refractivity (Wildman–Crippen MR) is 119 cm³/mol. The molecule has 0 aliphatic carbocycles. The average molecular weight is 435 g/mol. The van der Waals surface area contributed by atoms with Gasteiger partial charge in [0.25, 0.3) is 5.91 Å². The molecule has 0 aliphatic heterocycles. The smallest absolute Gasteiger partial charge is 0.267 e. The number of aryl methyl sites for hydroxylation is 2. The number of halogens is 1. The number of nitrogens with two attached hydrogens (primary N) is 1. The number of benzene rings is 1. The number of rotatable bonds is 7. The summed E-state index contributed by atoms with van der Waals surface area (Å²) >= 11 is 7.39. The van der Waals surface area contributed by atoms with Gasteiger partial charge in [0.05, 0.1) is 16.9 Å². The van der Waals surface area contributed by atoms with Crippen molar-refractivity contribution in [3.63, 3.8) is 0 Å². The number of nitrogens with zero attached hydrogens (tertiary/aromatic N) is 3. The van der Waals surface area contributed by atoms with Crippen LogP contribution in [0.4, 0.5) is 22.5 Å². The summed E-state index contributed by atoms with van der Waals surface area (Å²) in [5.74, 6) is 1.58. The van der Waals surface area contributed by atoms with Crippen LogP contribution in [0.15, 0.2) is 30.5 Å². The molecule has 0 spiro atoms. The molecule has 0 radical (unpaired) electrons. The van der Waals surface area contributed by atoms with Crippen LogP contribution in [0.25, 0.3) is 0 Å². The lowest BCUT2D eigenvalue weighted by atomic mass is 10.2. The van der Waals surface area contributed by atoms with E-state index >= 15 is 0 Å². The van der Waals surface area contributed by atoms with Gasteiger partial charge in [0.1, 0.15) is 22.3 Å². The van der Waals surface area contributed by atoms with Gasteiger partial charge in [-0.1, -0.05) is 35.1 Å². The first-order valence-electron chi connectivity index (χ1n) is 8.55. The highest BCUT2D eigenvalue weighted by atomic mass is 35.5. The maximum absolute atomic E-state index is 12.5. The molecule has 8 N–H and O–H groups in total. The second-order valence-electron chi connectivity index (χ2n) is 5.94. The Bertz CT molecular complexity index is 973. The van der Waals surface area contributed by atoms with Gasteiger partial charge >= 0.3 is 0 Å². The van der Waals surface area contributed by atoms with Crippen molar-refractivity contribution >= 4 is 51.3 Å². The van der Waals surface area contributed by atoms with E-state index in [1.807, 2.05) is 19.1 Å². The Morgan fingerprint density at radius 1 is 1.24 bits per heavy atom. The number of hydrogen-bond acceptors (Lipinski definition) is 9. The van der Waals surface area contributed by atoms with E-state index in [1.54, 1.807) is 19.1 Å². The van der Waals surface area contributed by atoms with Crippen LogP contribution >= 0.6 is 22.9 Å². The minimum absolute atomic E-state index is 0. The van der Waals surface area contributed by atoms with Gasteiger partial charge in [-0.2, -0.15) is 0 Å². The van der Waals surface area contributed by atoms with Gasteiger partial charge in [-0.05, 0) is 25.5 Å². The van der Waals surface area contributed by atoms with Gasteiger partial charge in [0.2, 0.25) is 0 Å². The standard InChI is InChI=1S/C18H20ClN7OS.H3N/c1-10-4-3-5-12(19)16(10)26-17(27)13-9-22-18(28-13)25-15-8-14(21-7-6-20)23-11(2)24-15;/h3-5,8-9H,6-7,20H2,1-2H3,(H,26,27)(H2,21,22,23,24,25);1H3. The van der Waals surface area contributed by atoms with Crippen molar-refractivity contribution in [1.82, 2.24) is 21.1 Å². The molecule has 29 heavy (non-hydrogen) atoms. The predicted octanol–water partition coefficient (Wildman–Crippen LogP) is 3.73. The highest BCUT2D eigenvalue weighted by Gasteiger charge is 2.14. The normalized spacial score (nSPS) is 10.2. The number of aromatic nitrogens is 3. The van der Waals surface area contributed by atoms with Crippen LogP contribution in [0.1, 0.15) is 21.1 Å². The number of hydrogen-bond donors (Lipinski definition) is 5. The molecule has 9 nitrogen and oxygen atoms in total. The Morgan fingerprint density at radius 3 is 2.72 bits per heavy atom. The Morgan fingerprint density at radius 2 is 2.00 bits per heavy atom. The largest absolute Gasteiger partial charge is 0.369 e. The first-order valence-corrected chi connectivity index (χ1v) is 9.74. The quantitative estimate of drug-likeness (QED) is 0.377. The number of para-hydroxylation sites is 1. The maximum atomic E-state index is 12.5. The topological polar surface area (TPSA) is 153 Å². The van der Waals surface area contributed by atoms with Gasteiger partial charge in [-0.25, -0.2) is 15.0 Å². The summed E-state index contributed by atoms with van der Waals surface area (Å²) in [4.78, 5) is 25.9. The summed E-state index contributed by atoms with van der Waals surface area (Å²) < 4.78 is 0. The molecule has 2 heterocycles. The van der Waals surface area contributed by atoms with E-state index in [4.69, 9.17) is 17.3 Å². The zero-order chi connectivity index (χ0) is 20.1. The van der Waals surface area contributed by atoms with Gasteiger partial charge in [0.15, 0.2) is 5.13 Å². The highest BCUT2D eigenvalue weighted by Crippen LogP contribution is 2.28. The Kier molecular flexibility index (Phi) is 7.85. The molecule has 0 saturated carbocycles. The van der Waals surface area contributed by atoms with E-state index in [0.29, 0.717) is 51.3 Å². The molecule has 3 aromatic rings. The van der Waals surface area contributed by atoms with Crippen LogP contribution in [0.3, 0.4) is 0 Å². The number of carbonyl (C=O) groups is 1. The van der Waals surface area contributed by atoms with Gasteiger partial charge in [-0.15, -0.1) is 0 Å². The minimum Gasteiger partial charge on any atom is -0.369 e. The lowest BCUT2D eigenvalue weighted by molar-refractivity contribution is 0.103. The molecule has 0 atom stereocenters. The molecule has 0 bridgehead atoms. The lowest BCUT2D eigenvalue weighted by Gasteiger charge is -2.09. The van der Waals surface area contributed by atoms with Gasteiger partial charge in [-0.3, -0.25) is 4.79 Å². The number of anilines is 4. The van der Waals surface area contributed by atoms with E-state index in [-0.39, 0.29) is 12.1 Å². The van der Waals surface area contributed by atoms with Crippen molar-refractivity contribution in [2.24, 2.45) is 5.73 Å². The second-order valence-corrected chi connectivity index (χ2v) is 7.38. The molecule has 3 rings (SSSR count). The van der Waals surface area contributed by atoms with Crippen molar-refractivity contribution in [3.05, 3.63) is 51.7 Å². The van der Waals surface area contributed by atoms with E-state index in [2.05, 4.69) is 30.9 Å². The third-order valence-corrected chi connectivity index (χ3v) is 4.94. The van der Waals surface area contributed by atoms with E-state index in [9.17, 15) is 4.79 Å². The van der Waals surface area contributed by atoms with Crippen LogP contribution in [0.2, 0.25) is 5.02 Å². The number of carbonyl (C=O) groups excluding carboxylic acids is 1. The van der Waals surface area contributed by atoms with Crippen molar-refractivity contribution in [2.75, 3.05) is 29.0 Å². The first kappa shape index (κ1) is 22.5. The fourth-order valence-electron chi connectivity index (χ4n) is 2.43. The van der Waals surface area contributed by atoms with Crippen LogP contribution in [0, 0.1) is 13.8 Å². The molecule has 0 unspecified atom stereocenters. The molecular weight excluding hydrogens is 412 g/mol. The molecule has 1 amide bonds. The Hall–Kier alpha value is -2.79. The molecule has 0 aliphatic rings. The first-order chi connectivity index (χ1) is 13.5. The third kappa shape index (κ3) is 5.84. The van der Waals surface area contributed by atoms with Crippen molar-refractivity contribution < 1.29 is 4.79 Å². The number of nitrogens with one attached hydrogen (secondary N) is 3. The molecule has 0 saturated heterocycles. The summed E-state index contributed by atoms with van der Waals surface area (Å²) in [6, 6.07) is 7.21. The van der Waals surface area contributed by atoms with Crippen LogP contribution in [0.5, 0.6) is 0 Å². The van der Waals surface area contributed by atoms with Crippen LogP contribution in [-0.2, 0) is 0 Å². The Balaban J connectivity index is 0.00000300. The van der Waals surface area contributed by atoms with Crippen LogP contribution < -0.4 is 27.8 Å². The molecule has 154 valence electrons. The highest BCUT2D eigenvalue weighted by molar-refractivity contribution is 7.17. The zero-order valence-corrected chi connectivity index (χ0v) is 17.7. The third-order valence-electron chi connectivity index (χ3n) is 3.71. The molecule has 1 aromatic carbocycles. The molecule has 0 fully saturated rings. The van der Waals surface area contributed by atoms with Crippen LogP contribution in [-0.4, -0.2) is 33.9 Å². The van der Waals surface area contributed by atoms with Gasteiger partial charge in [0, 0.05) is 19.2 Å². The monoisotopic (exact) mass is 434 g/mol. The number of amides is 1. The summed E-state index contributed by atoms with van der Waals surface area (Å²) in [6.45, 7) is 4.79. The molecule has 2 aromatic heterocycles. The van der Waals surface area contributed by atoms with E-state index < -0.39 is 0 Å². The zero-order valence-electron chi connectivity index (χ0n) is 16.1. The van der Waals surface area contributed by atoms with E-state index in [0.717, 1.165) is 5.56 Å². The molecular formula is C18H23ClN8OS.